The molecular weight excluding hydrogens is 184 g/mol. The minimum absolute atomic E-state index is 0.770. The zero-order valence-corrected chi connectivity index (χ0v) is 10.5. The lowest BCUT2D eigenvalue weighted by atomic mass is 9.92. The first-order chi connectivity index (χ1) is 7.20. The second kappa shape index (κ2) is 4.84. The molecule has 0 bridgehead atoms. The van der Waals surface area contributed by atoms with Crippen LogP contribution in [0.15, 0.2) is 0 Å². The van der Waals surface area contributed by atoms with Crippen LogP contribution in [0.5, 0.6) is 0 Å². The number of rotatable bonds is 4. The zero-order valence-electron chi connectivity index (χ0n) is 10.5. The van der Waals surface area contributed by atoms with Gasteiger partial charge in [-0.15, -0.1) is 0 Å². The quantitative estimate of drug-likeness (QED) is 0.764. The van der Waals surface area contributed by atoms with Crippen LogP contribution < -0.4 is 5.32 Å². The molecule has 2 nitrogen and oxygen atoms in total. The molecule has 1 aliphatic heterocycles. The Bertz CT molecular complexity index is 201. The maximum Gasteiger partial charge on any atom is 0.0120 e. The second-order valence-corrected chi connectivity index (χ2v) is 5.65. The van der Waals surface area contributed by atoms with Gasteiger partial charge in [0.15, 0.2) is 0 Å². The summed E-state index contributed by atoms with van der Waals surface area (Å²) in [5.41, 5.74) is 0. The molecule has 1 N–H and O–H groups in total. The van der Waals surface area contributed by atoms with Crippen LogP contribution in [0.1, 0.15) is 39.5 Å². The third kappa shape index (κ3) is 2.94. The molecule has 3 unspecified atom stereocenters. The van der Waals surface area contributed by atoms with E-state index < -0.39 is 0 Å². The number of piperidine rings is 1. The summed E-state index contributed by atoms with van der Waals surface area (Å²) in [6.45, 7) is 7.25. The largest absolute Gasteiger partial charge is 0.311 e. The summed E-state index contributed by atoms with van der Waals surface area (Å²) in [5.74, 6) is 1.82. The van der Waals surface area contributed by atoms with Crippen molar-refractivity contribution in [3.8, 4) is 0 Å². The van der Waals surface area contributed by atoms with Crippen LogP contribution in [0.25, 0.3) is 0 Å². The summed E-state index contributed by atoms with van der Waals surface area (Å²) in [5, 5.41) is 3.91. The maximum atomic E-state index is 3.91. The Morgan fingerprint density at radius 3 is 2.60 bits per heavy atom. The Kier molecular flexibility index (Phi) is 3.68. The normalized spacial score (nSPS) is 35.4. The molecule has 1 heterocycles. The third-order valence-corrected chi connectivity index (χ3v) is 4.17. The molecule has 88 valence electrons. The lowest BCUT2D eigenvalue weighted by Crippen LogP contribution is -2.50. The highest BCUT2D eigenvalue weighted by atomic mass is 15.1. The third-order valence-electron chi connectivity index (χ3n) is 4.17. The Morgan fingerprint density at radius 2 is 2.07 bits per heavy atom. The average molecular weight is 210 g/mol. The van der Waals surface area contributed by atoms with Crippen molar-refractivity contribution in [2.45, 2.75) is 51.6 Å². The summed E-state index contributed by atoms with van der Waals surface area (Å²) >= 11 is 0. The van der Waals surface area contributed by atoms with Crippen LogP contribution in [0, 0.1) is 11.8 Å². The van der Waals surface area contributed by atoms with E-state index in [-0.39, 0.29) is 0 Å². The minimum Gasteiger partial charge on any atom is -0.311 e. The fourth-order valence-electron chi connectivity index (χ4n) is 2.96. The second-order valence-electron chi connectivity index (χ2n) is 5.65. The molecule has 0 aromatic heterocycles. The molecule has 2 aliphatic rings. The van der Waals surface area contributed by atoms with Crippen molar-refractivity contribution in [1.29, 1.82) is 0 Å². The molecule has 2 fully saturated rings. The molecule has 2 rings (SSSR count). The van der Waals surface area contributed by atoms with Gasteiger partial charge < -0.3 is 10.2 Å². The highest BCUT2D eigenvalue weighted by molar-refractivity contribution is 4.90. The smallest absolute Gasteiger partial charge is 0.0120 e. The van der Waals surface area contributed by atoms with Gasteiger partial charge in [0, 0.05) is 18.6 Å². The predicted molar refractivity (Wildman–Crippen MR) is 65.0 cm³/mol. The van der Waals surface area contributed by atoms with Gasteiger partial charge in [0.05, 0.1) is 0 Å². The van der Waals surface area contributed by atoms with Crippen molar-refractivity contribution in [3.63, 3.8) is 0 Å². The van der Waals surface area contributed by atoms with Crippen LogP contribution in [-0.2, 0) is 0 Å². The van der Waals surface area contributed by atoms with Crippen molar-refractivity contribution in [2.24, 2.45) is 11.8 Å². The first-order valence-corrected chi connectivity index (χ1v) is 6.65. The summed E-state index contributed by atoms with van der Waals surface area (Å²) < 4.78 is 0. The highest BCUT2D eigenvalue weighted by Crippen LogP contribution is 2.34. The standard InChI is InChI=1S/C13H26N2/c1-4-12(11-5-6-11)14-13-7-8-15(3)9-10(13)2/h10-14H,4-9H2,1-3H3. The Morgan fingerprint density at radius 1 is 1.33 bits per heavy atom. The highest BCUT2D eigenvalue weighted by Gasteiger charge is 2.33. The Labute approximate surface area is 94.4 Å². The minimum atomic E-state index is 0.770. The maximum absolute atomic E-state index is 3.91. The molecular formula is C13H26N2. The molecule has 0 aromatic carbocycles. The Balaban J connectivity index is 1.81. The first-order valence-electron chi connectivity index (χ1n) is 6.65. The lowest BCUT2D eigenvalue weighted by Gasteiger charge is -2.37. The van der Waals surface area contributed by atoms with E-state index in [1.54, 1.807) is 0 Å². The fraction of sp³-hybridized carbons (Fsp3) is 1.00. The van der Waals surface area contributed by atoms with Gasteiger partial charge in [0.2, 0.25) is 0 Å². The molecule has 1 saturated heterocycles. The van der Waals surface area contributed by atoms with Gasteiger partial charge in [0.1, 0.15) is 0 Å². The SMILES string of the molecule is CCC(NC1CCN(C)CC1C)C1CC1. The number of nitrogens with zero attached hydrogens (tertiary/aromatic N) is 1. The predicted octanol–water partition coefficient (Wildman–Crippen LogP) is 2.10. The van der Waals surface area contributed by atoms with E-state index in [0.717, 1.165) is 23.9 Å². The van der Waals surface area contributed by atoms with Crippen molar-refractivity contribution in [2.75, 3.05) is 20.1 Å². The van der Waals surface area contributed by atoms with Crippen molar-refractivity contribution in [1.82, 2.24) is 10.2 Å². The van der Waals surface area contributed by atoms with Gasteiger partial charge in [-0.1, -0.05) is 13.8 Å². The monoisotopic (exact) mass is 210 g/mol. The van der Waals surface area contributed by atoms with Gasteiger partial charge >= 0.3 is 0 Å². The van der Waals surface area contributed by atoms with Crippen LogP contribution in [-0.4, -0.2) is 37.1 Å². The molecule has 1 saturated carbocycles. The molecule has 15 heavy (non-hydrogen) atoms. The van der Waals surface area contributed by atoms with Crippen LogP contribution in [0.4, 0.5) is 0 Å². The van der Waals surface area contributed by atoms with Gasteiger partial charge in [-0.3, -0.25) is 0 Å². The van der Waals surface area contributed by atoms with Crippen molar-refractivity contribution < 1.29 is 0 Å². The van der Waals surface area contributed by atoms with E-state index in [0.29, 0.717) is 0 Å². The summed E-state index contributed by atoms with van der Waals surface area (Å²) in [7, 11) is 2.24. The van der Waals surface area contributed by atoms with Gasteiger partial charge in [-0.25, -0.2) is 0 Å². The van der Waals surface area contributed by atoms with Crippen LogP contribution >= 0.6 is 0 Å². The molecule has 3 atom stereocenters. The number of likely N-dealkylation sites (tertiary alicyclic amines) is 1. The average Bonchev–Trinajstić information content (AvgIpc) is 3.00. The van der Waals surface area contributed by atoms with Crippen molar-refractivity contribution >= 4 is 0 Å². The topological polar surface area (TPSA) is 15.3 Å². The summed E-state index contributed by atoms with van der Waals surface area (Å²) in [4.78, 5) is 2.46. The van der Waals surface area contributed by atoms with Gasteiger partial charge in [-0.2, -0.15) is 0 Å². The molecule has 2 heteroatoms. The van der Waals surface area contributed by atoms with E-state index >= 15 is 0 Å². The van der Waals surface area contributed by atoms with Gasteiger partial charge in [0.25, 0.3) is 0 Å². The van der Waals surface area contributed by atoms with Crippen molar-refractivity contribution in [3.05, 3.63) is 0 Å². The van der Waals surface area contributed by atoms with E-state index in [2.05, 4.69) is 31.1 Å². The van der Waals surface area contributed by atoms with E-state index in [1.807, 2.05) is 0 Å². The number of hydrogen-bond acceptors (Lipinski definition) is 2. The van der Waals surface area contributed by atoms with Crippen LogP contribution in [0.3, 0.4) is 0 Å². The van der Waals surface area contributed by atoms with E-state index in [4.69, 9.17) is 0 Å². The Hall–Kier alpha value is -0.0800. The number of nitrogens with one attached hydrogen (secondary N) is 1. The fourth-order valence-corrected chi connectivity index (χ4v) is 2.96. The van der Waals surface area contributed by atoms with Crippen LogP contribution in [0.2, 0.25) is 0 Å². The molecule has 0 aromatic rings. The van der Waals surface area contributed by atoms with E-state index in [1.165, 1.54) is 38.8 Å². The molecule has 1 aliphatic carbocycles. The number of hydrogen-bond donors (Lipinski definition) is 1. The molecule has 0 amide bonds. The van der Waals surface area contributed by atoms with E-state index in [9.17, 15) is 0 Å². The zero-order chi connectivity index (χ0) is 10.8. The summed E-state index contributed by atoms with van der Waals surface area (Å²) in [6.07, 6.45) is 5.57. The lowest BCUT2D eigenvalue weighted by molar-refractivity contribution is 0.162. The van der Waals surface area contributed by atoms with Gasteiger partial charge in [-0.05, 0) is 51.1 Å². The molecule has 0 spiro atoms. The molecule has 0 radical (unpaired) electrons. The first kappa shape index (κ1) is 11.4. The summed E-state index contributed by atoms with van der Waals surface area (Å²) in [6, 6.07) is 1.58.